The van der Waals surface area contributed by atoms with Gasteiger partial charge in [0.1, 0.15) is 5.75 Å². The number of methoxy groups -OCH3 is 1. The molecule has 27 heavy (non-hydrogen) atoms. The Morgan fingerprint density at radius 1 is 1.11 bits per heavy atom. The standard InChI is InChI=1S/C22H23N3O2/c1-16(26)24-19-7-3-17(4-8-19)5-9-20-10-6-18-15-21(27-2)11-12-22(18)25(20)14-13-23/h3-12,15H,13-14,23H2,1-2H3/p+1. The van der Waals surface area contributed by atoms with Crippen LogP contribution < -0.4 is 20.4 Å². The van der Waals surface area contributed by atoms with Crippen molar-refractivity contribution in [3.05, 3.63) is 65.9 Å². The Morgan fingerprint density at radius 3 is 2.56 bits per heavy atom. The molecule has 1 aromatic heterocycles. The number of aromatic nitrogens is 1. The molecule has 0 saturated carbocycles. The van der Waals surface area contributed by atoms with Crippen molar-refractivity contribution in [3.8, 4) is 5.75 Å². The zero-order valence-electron chi connectivity index (χ0n) is 15.6. The molecule has 3 N–H and O–H groups in total. The number of fused-ring (bicyclic) bond motifs is 1. The molecule has 0 bridgehead atoms. The van der Waals surface area contributed by atoms with Crippen LogP contribution in [0.4, 0.5) is 5.69 Å². The summed E-state index contributed by atoms with van der Waals surface area (Å²) in [5, 5.41) is 3.88. The maximum absolute atomic E-state index is 11.1. The predicted molar refractivity (Wildman–Crippen MR) is 109 cm³/mol. The molecule has 0 spiro atoms. The molecule has 0 atom stereocenters. The Morgan fingerprint density at radius 2 is 1.89 bits per heavy atom. The van der Waals surface area contributed by atoms with Gasteiger partial charge in [-0.3, -0.25) is 4.79 Å². The zero-order chi connectivity index (χ0) is 19.2. The van der Waals surface area contributed by atoms with Crippen molar-refractivity contribution in [1.82, 2.24) is 0 Å². The second-order valence-corrected chi connectivity index (χ2v) is 6.26. The third kappa shape index (κ3) is 4.51. The summed E-state index contributed by atoms with van der Waals surface area (Å²) in [5.74, 6) is 0.762. The Kier molecular flexibility index (Phi) is 5.84. The third-order valence-electron chi connectivity index (χ3n) is 4.30. The molecule has 0 fully saturated rings. The van der Waals surface area contributed by atoms with Gasteiger partial charge in [0, 0.05) is 30.8 Å². The Hall–Kier alpha value is -3.18. The van der Waals surface area contributed by atoms with E-state index in [4.69, 9.17) is 10.5 Å². The Balaban J connectivity index is 1.92. The number of benzene rings is 2. The summed E-state index contributed by atoms with van der Waals surface area (Å²) < 4.78 is 7.52. The Labute approximate surface area is 159 Å². The van der Waals surface area contributed by atoms with Crippen molar-refractivity contribution in [2.75, 3.05) is 19.0 Å². The van der Waals surface area contributed by atoms with E-state index in [1.165, 1.54) is 6.92 Å². The number of pyridine rings is 1. The van der Waals surface area contributed by atoms with Gasteiger partial charge in [-0.05, 0) is 42.0 Å². The Bertz CT molecular complexity index is 979. The lowest BCUT2D eigenvalue weighted by atomic mass is 10.1. The summed E-state index contributed by atoms with van der Waals surface area (Å²) in [6.45, 7) is 2.78. The van der Waals surface area contributed by atoms with Crippen LogP contribution in [-0.4, -0.2) is 19.6 Å². The number of nitrogens with zero attached hydrogens (tertiary/aromatic N) is 1. The first kappa shape index (κ1) is 18.6. The lowest BCUT2D eigenvalue weighted by Crippen LogP contribution is -2.41. The van der Waals surface area contributed by atoms with Crippen LogP contribution >= 0.6 is 0 Å². The van der Waals surface area contributed by atoms with Crippen LogP contribution in [0.25, 0.3) is 23.1 Å². The highest BCUT2D eigenvalue weighted by atomic mass is 16.5. The number of anilines is 1. The SMILES string of the molecule is COc1ccc2c(ccc(/C=C/c3ccc(NC(C)=O)cc3)[n+]2CCN)c1. The van der Waals surface area contributed by atoms with E-state index in [1.54, 1.807) is 7.11 Å². The summed E-state index contributed by atoms with van der Waals surface area (Å²) >= 11 is 0. The zero-order valence-corrected chi connectivity index (χ0v) is 15.6. The number of rotatable bonds is 6. The molecule has 5 heteroatoms. The molecule has 0 unspecified atom stereocenters. The molecule has 3 aromatic rings. The highest BCUT2D eigenvalue weighted by Gasteiger charge is 2.13. The molecule has 1 heterocycles. The molecular formula is C22H24N3O2+. The van der Waals surface area contributed by atoms with Gasteiger partial charge in [0.15, 0.2) is 6.54 Å². The molecular weight excluding hydrogens is 338 g/mol. The van der Waals surface area contributed by atoms with Crippen LogP contribution in [0.2, 0.25) is 0 Å². The minimum absolute atomic E-state index is 0.0751. The highest BCUT2D eigenvalue weighted by molar-refractivity contribution is 5.88. The van der Waals surface area contributed by atoms with E-state index in [0.29, 0.717) is 6.54 Å². The quantitative estimate of drug-likeness (QED) is 0.662. The molecule has 0 aliphatic carbocycles. The third-order valence-corrected chi connectivity index (χ3v) is 4.30. The number of hydrogen-bond donors (Lipinski definition) is 2. The van der Waals surface area contributed by atoms with Crippen LogP contribution in [0.5, 0.6) is 5.75 Å². The number of carbonyl (C=O) groups is 1. The lowest BCUT2D eigenvalue weighted by Gasteiger charge is -2.06. The lowest BCUT2D eigenvalue weighted by molar-refractivity contribution is -0.670. The molecule has 3 rings (SSSR count). The number of hydrogen-bond acceptors (Lipinski definition) is 3. The number of carbonyl (C=O) groups excluding carboxylic acids is 1. The first-order chi connectivity index (χ1) is 13.1. The molecule has 0 aliphatic rings. The van der Waals surface area contributed by atoms with Gasteiger partial charge in [0.05, 0.1) is 19.0 Å². The summed E-state index contributed by atoms with van der Waals surface area (Å²) in [6.07, 6.45) is 4.13. The smallest absolute Gasteiger partial charge is 0.221 e. The predicted octanol–water partition coefficient (Wildman–Crippen LogP) is 3.22. The van der Waals surface area contributed by atoms with Gasteiger partial charge in [0.25, 0.3) is 0 Å². The van der Waals surface area contributed by atoms with Gasteiger partial charge in [0.2, 0.25) is 17.1 Å². The number of nitrogens with one attached hydrogen (secondary N) is 1. The van der Waals surface area contributed by atoms with E-state index in [2.05, 4.69) is 40.2 Å². The average Bonchev–Trinajstić information content (AvgIpc) is 2.67. The first-order valence-corrected chi connectivity index (χ1v) is 8.87. The van der Waals surface area contributed by atoms with Crippen molar-refractivity contribution < 1.29 is 14.1 Å². The van der Waals surface area contributed by atoms with Crippen LogP contribution in [-0.2, 0) is 11.3 Å². The maximum Gasteiger partial charge on any atom is 0.221 e. The van der Waals surface area contributed by atoms with Crippen molar-refractivity contribution >= 4 is 34.6 Å². The topological polar surface area (TPSA) is 68.2 Å². The van der Waals surface area contributed by atoms with Crippen LogP contribution in [0.3, 0.4) is 0 Å². The average molecular weight is 362 g/mol. The van der Waals surface area contributed by atoms with Crippen LogP contribution in [0.15, 0.2) is 54.6 Å². The fourth-order valence-electron chi connectivity index (χ4n) is 3.03. The van der Waals surface area contributed by atoms with Crippen LogP contribution in [0, 0.1) is 0 Å². The van der Waals surface area contributed by atoms with Crippen molar-refractivity contribution in [2.24, 2.45) is 5.73 Å². The fraction of sp³-hybridized carbons (Fsp3) is 0.182. The minimum atomic E-state index is -0.0751. The van der Waals surface area contributed by atoms with Gasteiger partial charge >= 0.3 is 0 Å². The van der Waals surface area contributed by atoms with Gasteiger partial charge in [-0.2, -0.15) is 4.57 Å². The van der Waals surface area contributed by atoms with Crippen LogP contribution in [0.1, 0.15) is 18.2 Å². The summed E-state index contributed by atoms with van der Waals surface area (Å²) in [6, 6.07) is 17.9. The van der Waals surface area contributed by atoms with E-state index in [9.17, 15) is 4.79 Å². The van der Waals surface area contributed by atoms with E-state index >= 15 is 0 Å². The van der Waals surface area contributed by atoms with Gasteiger partial charge in [-0.1, -0.05) is 12.1 Å². The van der Waals surface area contributed by atoms with E-state index < -0.39 is 0 Å². The molecule has 1 amide bonds. The van der Waals surface area contributed by atoms with Gasteiger partial charge in [-0.15, -0.1) is 0 Å². The molecule has 0 saturated heterocycles. The first-order valence-electron chi connectivity index (χ1n) is 8.87. The highest BCUT2D eigenvalue weighted by Crippen LogP contribution is 2.19. The molecule has 138 valence electrons. The van der Waals surface area contributed by atoms with E-state index in [-0.39, 0.29) is 5.91 Å². The normalized spacial score (nSPS) is 11.1. The van der Waals surface area contributed by atoms with E-state index in [0.717, 1.165) is 40.1 Å². The number of nitrogens with two attached hydrogens (primary N) is 1. The summed E-state index contributed by atoms with van der Waals surface area (Å²) in [7, 11) is 1.67. The number of ether oxygens (including phenoxy) is 1. The summed E-state index contributed by atoms with van der Waals surface area (Å²) in [5.41, 5.74) is 9.87. The largest absolute Gasteiger partial charge is 0.497 e. The molecule has 2 aromatic carbocycles. The monoisotopic (exact) mass is 362 g/mol. The van der Waals surface area contributed by atoms with Gasteiger partial charge in [-0.25, -0.2) is 0 Å². The fourth-order valence-corrected chi connectivity index (χ4v) is 3.03. The second-order valence-electron chi connectivity index (χ2n) is 6.26. The molecule has 0 aliphatic heterocycles. The van der Waals surface area contributed by atoms with Crippen molar-refractivity contribution in [3.63, 3.8) is 0 Å². The van der Waals surface area contributed by atoms with Crippen molar-refractivity contribution in [2.45, 2.75) is 13.5 Å². The molecule has 5 nitrogen and oxygen atoms in total. The molecule has 0 radical (unpaired) electrons. The van der Waals surface area contributed by atoms with Crippen molar-refractivity contribution in [1.29, 1.82) is 0 Å². The minimum Gasteiger partial charge on any atom is -0.497 e. The summed E-state index contributed by atoms with van der Waals surface area (Å²) in [4.78, 5) is 11.1. The second kappa shape index (κ2) is 8.47. The maximum atomic E-state index is 11.1. The van der Waals surface area contributed by atoms with Gasteiger partial charge < -0.3 is 15.8 Å². The number of amides is 1. The van der Waals surface area contributed by atoms with E-state index in [1.807, 2.05) is 36.4 Å².